The fourth-order valence-electron chi connectivity index (χ4n) is 2.34. The molecule has 0 aliphatic rings. The van der Waals surface area contributed by atoms with Crippen molar-refractivity contribution in [2.75, 3.05) is 0 Å². The van der Waals surface area contributed by atoms with Crippen molar-refractivity contribution in [2.45, 2.75) is 31.2 Å². The number of rotatable bonds is 6. The van der Waals surface area contributed by atoms with Crippen molar-refractivity contribution in [3.8, 4) is 5.75 Å². The van der Waals surface area contributed by atoms with E-state index in [0.717, 1.165) is 12.0 Å². The summed E-state index contributed by atoms with van der Waals surface area (Å²) in [7, 11) is 0. The van der Waals surface area contributed by atoms with E-state index < -0.39 is 5.97 Å². The summed E-state index contributed by atoms with van der Waals surface area (Å²) in [4.78, 5) is 20.9. The first-order chi connectivity index (χ1) is 13.0. The molecule has 1 heterocycles. The molecule has 0 saturated heterocycles. The highest BCUT2D eigenvalue weighted by Crippen LogP contribution is 2.23. The summed E-state index contributed by atoms with van der Waals surface area (Å²) in [5.41, 5.74) is 3.61. The molecule has 4 nitrogen and oxygen atoms in total. The molecule has 1 aromatic heterocycles. The Kier molecular flexibility index (Phi) is 6.48. The molecule has 2 aromatic carbocycles. The number of thioether (sulfide) groups is 1. The highest BCUT2D eigenvalue weighted by molar-refractivity contribution is 7.98. The van der Waals surface area contributed by atoms with Crippen molar-refractivity contribution in [3.05, 3.63) is 82.1 Å². The van der Waals surface area contributed by atoms with Crippen LogP contribution in [0.3, 0.4) is 0 Å². The monoisotopic (exact) mass is 398 g/mol. The summed E-state index contributed by atoms with van der Waals surface area (Å²) in [6.07, 6.45) is 2.36. The van der Waals surface area contributed by atoms with Gasteiger partial charge in [0.25, 0.3) is 0 Å². The van der Waals surface area contributed by atoms with Crippen LogP contribution in [0.5, 0.6) is 5.75 Å². The van der Waals surface area contributed by atoms with E-state index in [-0.39, 0.29) is 10.7 Å². The molecule has 0 unspecified atom stereocenters. The predicted molar refractivity (Wildman–Crippen MR) is 109 cm³/mol. The molecule has 0 bridgehead atoms. The minimum absolute atomic E-state index is 0.0673. The molecule has 138 valence electrons. The van der Waals surface area contributed by atoms with Crippen LogP contribution in [0.4, 0.5) is 0 Å². The van der Waals surface area contributed by atoms with E-state index in [1.54, 1.807) is 12.1 Å². The second-order valence-electron chi connectivity index (χ2n) is 6.01. The lowest BCUT2D eigenvalue weighted by Gasteiger charge is -2.07. The van der Waals surface area contributed by atoms with Gasteiger partial charge in [0.15, 0.2) is 10.9 Å². The maximum Gasteiger partial charge on any atom is 0.364 e. The molecular formula is C21H19ClN2O2S. The molecule has 3 aromatic rings. The van der Waals surface area contributed by atoms with E-state index in [1.165, 1.54) is 29.1 Å². The number of hydrogen-bond donors (Lipinski definition) is 0. The number of carbonyl (C=O) groups excluding carboxylic acids is 1. The Morgan fingerprint density at radius 1 is 1.07 bits per heavy atom. The number of hydrogen-bond acceptors (Lipinski definition) is 5. The third kappa shape index (κ3) is 5.31. The Balaban J connectivity index is 1.69. The quantitative estimate of drug-likeness (QED) is 0.237. The summed E-state index contributed by atoms with van der Waals surface area (Å²) in [5.74, 6) is 0.569. The maximum atomic E-state index is 12.4. The SMILES string of the molecule is CCc1ccc(OC(=O)c2nc(SCc3ccc(C)cc3)ncc2Cl)cc1. The van der Waals surface area contributed by atoms with Crippen LogP contribution < -0.4 is 4.74 Å². The summed E-state index contributed by atoms with van der Waals surface area (Å²) in [6, 6.07) is 15.6. The maximum absolute atomic E-state index is 12.4. The normalized spacial score (nSPS) is 10.6. The van der Waals surface area contributed by atoms with E-state index in [1.807, 2.05) is 19.1 Å². The zero-order valence-electron chi connectivity index (χ0n) is 15.1. The van der Waals surface area contributed by atoms with Crippen LogP contribution in [0.2, 0.25) is 5.02 Å². The second kappa shape index (κ2) is 9.02. The highest BCUT2D eigenvalue weighted by Gasteiger charge is 2.17. The minimum Gasteiger partial charge on any atom is -0.422 e. The van der Waals surface area contributed by atoms with E-state index >= 15 is 0 Å². The number of nitrogens with zero attached hydrogens (tertiary/aromatic N) is 2. The molecule has 0 spiro atoms. The smallest absolute Gasteiger partial charge is 0.364 e. The number of halogens is 1. The number of benzene rings is 2. The van der Waals surface area contributed by atoms with E-state index in [4.69, 9.17) is 16.3 Å². The standard InChI is InChI=1S/C21H19ClN2O2S/c1-3-15-8-10-17(11-9-15)26-20(25)19-18(22)12-23-21(24-19)27-13-16-6-4-14(2)5-7-16/h4-12H,3,13H2,1-2H3. The Morgan fingerprint density at radius 2 is 1.74 bits per heavy atom. The number of esters is 1. The molecule has 27 heavy (non-hydrogen) atoms. The largest absolute Gasteiger partial charge is 0.422 e. The number of ether oxygens (including phenoxy) is 1. The van der Waals surface area contributed by atoms with Crippen molar-refractivity contribution >= 4 is 29.3 Å². The van der Waals surface area contributed by atoms with Gasteiger partial charge in [-0.05, 0) is 36.6 Å². The Morgan fingerprint density at radius 3 is 2.41 bits per heavy atom. The van der Waals surface area contributed by atoms with Gasteiger partial charge >= 0.3 is 5.97 Å². The van der Waals surface area contributed by atoms with Gasteiger partial charge < -0.3 is 4.74 Å². The van der Waals surface area contributed by atoms with Crippen molar-refractivity contribution in [1.29, 1.82) is 0 Å². The van der Waals surface area contributed by atoms with Crippen molar-refractivity contribution < 1.29 is 9.53 Å². The van der Waals surface area contributed by atoms with Crippen LogP contribution in [0.25, 0.3) is 0 Å². The Labute approximate surface area is 168 Å². The van der Waals surface area contributed by atoms with Crippen molar-refractivity contribution in [1.82, 2.24) is 9.97 Å². The molecule has 0 fully saturated rings. The molecule has 0 aliphatic heterocycles. The minimum atomic E-state index is -0.594. The molecule has 6 heteroatoms. The van der Waals surface area contributed by atoms with Crippen LogP contribution in [0, 0.1) is 6.92 Å². The van der Waals surface area contributed by atoms with Gasteiger partial charge in [0.1, 0.15) is 5.75 Å². The van der Waals surface area contributed by atoms with Crippen LogP contribution in [-0.2, 0) is 12.2 Å². The molecule has 3 rings (SSSR count). The predicted octanol–water partition coefficient (Wildman–Crippen LogP) is 5.51. The zero-order chi connectivity index (χ0) is 19.2. The third-order valence-electron chi connectivity index (χ3n) is 3.95. The molecular weight excluding hydrogens is 380 g/mol. The third-order valence-corrected chi connectivity index (χ3v) is 5.16. The zero-order valence-corrected chi connectivity index (χ0v) is 16.7. The van der Waals surface area contributed by atoms with Gasteiger partial charge in [0.2, 0.25) is 0 Å². The second-order valence-corrected chi connectivity index (χ2v) is 7.36. The fourth-order valence-corrected chi connectivity index (χ4v) is 3.28. The van der Waals surface area contributed by atoms with E-state index in [9.17, 15) is 4.79 Å². The molecule has 0 radical (unpaired) electrons. The first-order valence-corrected chi connectivity index (χ1v) is 9.93. The topological polar surface area (TPSA) is 52.1 Å². The first kappa shape index (κ1) is 19.4. The molecule has 0 aliphatic carbocycles. The molecule has 0 atom stereocenters. The van der Waals surface area contributed by atoms with Crippen molar-refractivity contribution in [2.24, 2.45) is 0 Å². The molecule has 0 saturated carbocycles. The number of aryl methyl sites for hydroxylation is 2. The lowest BCUT2D eigenvalue weighted by atomic mass is 10.2. The van der Waals surface area contributed by atoms with Gasteiger partial charge in [-0.2, -0.15) is 0 Å². The van der Waals surface area contributed by atoms with Crippen LogP contribution in [-0.4, -0.2) is 15.9 Å². The van der Waals surface area contributed by atoms with E-state index in [2.05, 4.69) is 41.2 Å². The van der Waals surface area contributed by atoms with Gasteiger partial charge in [-0.3, -0.25) is 0 Å². The lowest BCUT2D eigenvalue weighted by molar-refractivity contribution is 0.0727. The summed E-state index contributed by atoms with van der Waals surface area (Å²) in [5, 5.41) is 0.651. The fraction of sp³-hybridized carbons (Fsp3) is 0.190. The van der Waals surface area contributed by atoms with E-state index in [0.29, 0.717) is 16.7 Å². The Bertz CT molecular complexity index is 928. The average Bonchev–Trinajstić information content (AvgIpc) is 2.69. The number of aromatic nitrogens is 2. The number of carbonyl (C=O) groups is 1. The Hall–Kier alpha value is -2.37. The summed E-state index contributed by atoms with van der Waals surface area (Å²) in [6.45, 7) is 4.12. The average molecular weight is 399 g/mol. The molecule has 0 amide bonds. The lowest BCUT2D eigenvalue weighted by Crippen LogP contribution is -2.12. The van der Waals surface area contributed by atoms with Crippen LogP contribution in [0.15, 0.2) is 59.9 Å². The summed E-state index contributed by atoms with van der Waals surface area (Å²) < 4.78 is 5.39. The first-order valence-electron chi connectivity index (χ1n) is 8.57. The van der Waals surface area contributed by atoms with Gasteiger partial charge in [-0.1, -0.05) is 72.2 Å². The highest BCUT2D eigenvalue weighted by atomic mass is 35.5. The molecule has 0 N–H and O–H groups in total. The van der Waals surface area contributed by atoms with Crippen LogP contribution >= 0.6 is 23.4 Å². The van der Waals surface area contributed by atoms with Crippen molar-refractivity contribution in [3.63, 3.8) is 0 Å². The van der Waals surface area contributed by atoms with Gasteiger partial charge in [-0.25, -0.2) is 14.8 Å². The van der Waals surface area contributed by atoms with Gasteiger partial charge in [-0.15, -0.1) is 0 Å². The summed E-state index contributed by atoms with van der Waals surface area (Å²) >= 11 is 7.55. The van der Waals surface area contributed by atoms with Gasteiger partial charge in [0.05, 0.1) is 11.2 Å². The van der Waals surface area contributed by atoms with Gasteiger partial charge in [0, 0.05) is 5.75 Å². The van der Waals surface area contributed by atoms with Crippen LogP contribution in [0.1, 0.15) is 34.1 Å².